The monoisotopic (exact) mass is 459 g/mol. The third-order valence-electron chi connectivity index (χ3n) is 4.57. The quantitative estimate of drug-likeness (QED) is 0.629. The molecule has 1 aromatic heterocycles. The van der Waals surface area contributed by atoms with Crippen LogP contribution in [0.4, 0.5) is 4.39 Å². The predicted octanol–water partition coefficient (Wildman–Crippen LogP) is 3.74. The summed E-state index contributed by atoms with van der Waals surface area (Å²) in [4.78, 5) is 28.9. The van der Waals surface area contributed by atoms with E-state index in [1.165, 1.54) is 16.7 Å². The van der Waals surface area contributed by atoms with Crippen LogP contribution >= 0.6 is 15.9 Å². The molecule has 2 aromatic carbocycles. The Morgan fingerprint density at radius 3 is 2.55 bits per heavy atom. The van der Waals surface area contributed by atoms with Gasteiger partial charge in [0.25, 0.3) is 5.56 Å². The van der Waals surface area contributed by atoms with E-state index in [1.807, 2.05) is 6.92 Å². The first-order valence-corrected chi connectivity index (χ1v) is 9.56. The van der Waals surface area contributed by atoms with Crippen LogP contribution in [-0.4, -0.2) is 15.5 Å². The van der Waals surface area contributed by atoms with Crippen LogP contribution in [0.15, 0.2) is 45.7 Å². The number of hydrogen-bond acceptors (Lipinski definition) is 4. The van der Waals surface area contributed by atoms with Crippen molar-refractivity contribution >= 4 is 21.8 Å². The van der Waals surface area contributed by atoms with Crippen LogP contribution in [-0.2, 0) is 6.61 Å². The minimum atomic E-state index is -0.585. The lowest BCUT2D eigenvalue weighted by Crippen LogP contribution is -2.25. The Bertz CT molecular complexity index is 1170. The molecule has 0 saturated carbocycles. The van der Waals surface area contributed by atoms with E-state index in [4.69, 9.17) is 10.5 Å². The zero-order chi connectivity index (χ0) is 21.3. The number of ether oxygens (including phenoxy) is 1. The average molecular weight is 460 g/mol. The Morgan fingerprint density at radius 2 is 1.90 bits per heavy atom. The van der Waals surface area contributed by atoms with Crippen LogP contribution in [0, 0.1) is 26.6 Å². The molecular formula is C21H19BrFN3O3. The van der Waals surface area contributed by atoms with Crippen molar-refractivity contribution in [3.63, 3.8) is 0 Å². The minimum Gasteiger partial charge on any atom is -0.472 e. The number of rotatable bonds is 5. The number of nitrogens with zero attached hydrogens (tertiary/aromatic N) is 2. The van der Waals surface area contributed by atoms with Crippen molar-refractivity contribution in [3.8, 4) is 11.6 Å². The molecule has 1 heterocycles. The first-order valence-electron chi connectivity index (χ1n) is 8.77. The Kier molecular flexibility index (Phi) is 5.83. The third-order valence-corrected chi connectivity index (χ3v) is 5.25. The molecule has 0 fully saturated rings. The van der Waals surface area contributed by atoms with Gasteiger partial charge in [0.15, 0.2) is 0 Å². The fourth-order valence-electron chi connectivity index (χ4n) is 2.93. The second kappa shape index (κ2) is 8.16. The first kappa shape index (κ1) is 20.7. The molecule has 3 aromatic rings. The topological polar surface area (TPSA) is 87.2 Å². The molecular weight excluding hydrogens is 441 g/mol. The van der Waals surface area contributed by atoms with Gasteiger partial charge in [-0.3, -0.25) is 14.2 Å². The summed E-state index contributed by atoms with van der Waals surface area (Å²) < 4.78 is 20.5. The number of nitrogens with two attached hydrogens (primary N) is 1. The van der Waals surface area contributed by atoms with Gasteiger partial charge in [0.1, 0.15) is 22.7 Å². The Balaban J connectivity index is 2.00. The largest absolute Gasteiger partial charge is 0.472 e. The third kappa shape index (κ3) is 4.22. The van der Waals surface area contributed by atoms with Crippen LogP contribution in [0.25, 0.3) is 5.69 Å². The van der Waals surface area contributed by atoms with E-state index in [2.05, 4.69) is 20.9 Å². The van der Waals surface area contributed by atoms with E-state index < -0.39 is 5.91 Å². The van der Waals surface area contributed by atoms with Gasteiger partial charge >= 0.3 is 0 Å². The Hall–Kier alpha value is -3.00. The van der Waals surface area contributed by atoms with Crippen LogP contribution in [0.1, 0.15) is 32.9 Å². The summed E-state index contributed by atoms with van der Waals surface area (Å²) in [5, 5.41) is 0. The highest BCUT2D eigenvalue weighted by Crippen LogP contribution is 2.24. The van der Waals surface area contributed by atoms with Crippen molar-refractivity contribution in [3.05, 3.63) is 85.1 Å². The van der Waals surface area contributed by atoms with E-state index in [0.717, 1.165) is 16.7 Å². The number of hydrogen-bond donors (Lipinski definition) is 1. The molecule has 150 valence electrons. The van der Waals surface area contributed by atoms with Gasteiger partial charge in [0.05, 0.1) is 5.69 Å². The van der Waals surface area contributed by atoms with Gasteiger partial charge in [0.2, 0.25) is 11.8 Å². The standard InChI is InChI=1S/C21H19BrFN3O3/c1-11-4-5-14(19(24)27)9-17(11)26-13(3)25-20(18(22)21(26)28)29-10-15-6-7-16(23)8-12(15)2/h4-9H,10H2,1-3H3,(H2,24,27). The Morgan fingerprint density at radius 1 is 1.17 bits per heavy atom. The molecule has 0 spiro atoms. The molecule has 0 unspecified atom stereocenters. The summed E-state index contributed by atoms with van der Waals surface area (Å²) in [6.07, 6.45) is 0. The number of benzene rings is 2. The SMILES string of the molecule is Cc1cc(F)ccc1COc1nc(C)n(-c2cc(C(N)=O)ccc2C)c(=O)c1Br. The normalized spacial score (nSPS) is 10.8. The van der Waals surface area contributed by atoms with Crippen molar-refractivity contribution in [2.45, 2.75) is 27.4 Å². The molecule has 0 radical (unpaired) electrons. The first-order chi connectivity index (χ1) is 13.7. The van der Waals surface area contributed by atoms with Crippen molar-refractivity contribution in [2.24, 2.45) is 5.73 Å². The van der Waals surface area contributed by atoms with Crippen molar-refractivity contribution < 1.29 is 13.9 Å². The lowest BCUT2D eigenvalue weighted by Gasteiger charge is -2.16. The zero-order valence-corrected chi connectivity index (χ0v) is 17.7. The maximum absolute atomic E-state index is 13.3. The fraction of sp³-hybridized carbons (Fsp3) is 0.190. The molecule has 8 heteroatoms. The number of carbonyl (C=O) groups excluding carboxylic acids is 1. The van der Waals surface area contributed by atoms with Gasteiger partial charge in [0, 0.05) is 5.56 Å². The van der Waals surface area contributed by atoms with Gasteiger partial charge in [-0.2, -0.15) is 4.98 Å². The summed E-state index contributed by atoms with van der Waals surface area (Å²) in [6, 6.07) is 9.28. The number of carbonyl (C=O) groups is 1. The highest BCUT2D eigenvalue weighted by molar-refractivity contribution is 9.10. The maximum atomic E-state index is 13.3. The molecule has 0 bridgehead atoms. The summed E-state index contributed by atoms with van der Waals surface area (Å²) in [6.45, 7) is 5.40. The molecule has 0 saturated heterocycles. The smallest absolute Gasteiger partial charge is 0.276 e. The highest BCUT2D eigenvalue weighted by atomic mass is 79.9. The minimum absolute atomic E-state index is 0.135. The van der Waals surface area contributed by atoms with E-state index >= 15 is 0 Å². The average Bonchev–Trinajstić information content (AvgIpc) is 2.66. The molecule has 0 aliphatic rings. The second-order valence-electron chi connectivity index (χ2n) is 6.64. The maximum Gasteiger partial charge on any atom is 0.276 e. The van der Waals surface area contributed by atoms with Gasteiger partial charge in [-0.15, -0.1) is 0 Å². The number of aryl methyl sites for hydroxylation is 3. The number of primary amides is 1. The molecule has 0 aliphatic carbocycles. The lowest BCUT2D eigenvalue weighted by molar-refractivity contribution is 0.1000. The lowest BCUT2D eigenvalue weighted by atomic mass is 10.1. The molecule has 3 rings (SSSR count). The van der Waals surface area contributed by atoms with Crippen LogP contribution in [0.5, 0.6) is 5.88 Å². The zero-order valence-electron chi connectivity index (χ0n) is 16.1. The van der Waals surface area contributed by atoms with Gasteiger partial charge < -0.3 is 10.5 Å². The summed E-state index contributed by atoms with van der Waals surface area (Å²) in [5.41, 5.74) is 8.09. The molecule has 0 atom stereocenters. The molecule has 6 nitrogen and oxygen atoms in total. The molecule has 0 aliphatic heterocycles. The van der Waals surface area contributed by atoms with Gasteiger partial charge in [-0.05, 0) is 77.7 Å². The number of aromatic nitrogens is 2. The summed E-state index contributed by atoms with van der Waals surface area (Å²) >= 11 is 3.27. The van der Waals surface area contributed by atoms with Crippen molar-refractivity contribution in [2.75, 3.05) is 0 Å². The second-order valence-corrected chi connectivity index (χ2v) is 7.44. The van der Waals surface area contributed by atoms with Crippen molar-refractivity contribution in [1.82, 2.24) is 9.55 Å². The van der Waals surface area contributed by atoms with Crippen LogP contribution in [0.3, 0.4) is 0 Å². The van der Waals surface area contributed by atoms with Gasteiger partial charge in [-0.25, -0.2) is 4.39 Å². The Labute approximate surface area is 175 Å². The fourth-order valence-corrected chi connectivity index (χ4v) is 3.31. The summed E-state index contributed by atoms with van der Waals surface area (Å²) in [7, 11) is 0. The number of amides is 1. The highest BCUT2D eigenvalue weighted by Gasteiger charge is 2.17. The molecule has 29 heavy (non-hydrogen) atoms. The predicted molar refractivity (Wildman–Crippen MR) is 111 cm³/mol. The van der Waals surface area contributed by atoms with E-state index in [9.17, 15) is 14.0 Å². The van der Waals surface area contributed by atoms with E-state index in [1.54, 1.807) is 38.1 Å². The summed E-state index contributed by atoms with van der Waals surface area (Å²) in [5.74, 6) is -0.388. The van der Waals surface area contributed by atoms with E-state index in [0.29, 0.717) is 17.1 Å². The van der Waals surface area contributed by atoms with Crippen LogP contribution in [0.2, 0.25) is 0 Å². The molecule has 2 N–H and O–H groups in total. The molecule has 1 amide bonds. The van der Waals surface area contributed by atoms with E-state index in [-0.39, 0.29) is 28.3 Å². The number of halogens is 2. The van der Waals surface area contributed by atoms with Crippen LogP contribution < -0.4 is 16.0 Å². The van der Waals surface area contributed by atoms with Gasteiger partial charge in [-0.1, -0.05) is 12.1 Å². The van der Waals surface area contributed by atoms with Crippen molar-refractivity contribution in [1.29, 1.82) is 0 Å².